The van der Waals surface area contributed by atoms with Crippen molar-refractivity contribution in [1.29, 1.82) is 0 Å². The lowest BCUT2D eigenvalue weighted by Gasteiger charge is -2.37. The Morgan fingerprint density at radius 3 is 2.62 bits per heavy atom. The van der Waals surface area contributed by atoms with Crippen LogP contribution in [-0.4, -0.2) is 69.9 Å². The number of carbonyl (C=O) groups excluding carboxylic acids is 2. The molecule has 5 rings (SSSR count). The zero-order valence-corrected chi connectivity index (χ0v) is 21.2. The van der Waals surface area contributed by atoms with Crippen LogP contribution in [0.5, 0.6) is 0 Å². The van der Waals surface area contributed by atoms with Gasteiger partial charge >= 0.3 is 6.18 Å². The molecule has 4 aromatic rings. The van der Waals surface area contributed by atoms with Gasteiger partial charge in [-0.05, 0) is 25.5 Å². The van der Waals surface area contributed by atoms with Crippen molar-refractivity contribution in [2.75, 3.05) is 17.3 Å². The Morgan fingerprint density at radius 1 is 1.18 bits per heavy atom. The Morgan fingerprint density at radius 2 is 1.95 bits per heavy atom. The van der Waals surface area contributed by atoms with Crippen LogP contribution in [0, 0.1) is 13.8 Å². The second-order valence-electron chi connectivity index (χ2n) is 8.90. The Kier molecular flexibility index (Phi) is 6.66. The van der Waals surface area contributed by atoms with Crippen molar-refractivity contribution < 1.29 is 32.4 Å². The van der Waals surface area contributed by atoms with E-state index in [0.29, 0.717) is 5.82 Å². The summed E-state index contributed by atoms with van der Waals surface area (Å²) in [6, 6.07) is 1.28. The molecule has 17 heteroatoms. The van der Waals surface area contributed by atoms with Gasteiger partial charge in [-0.15, -0.1) is 0 Å². The van der Waals surface area contributed by atoms with Crippen molar-refractivity contribution >= 4 is 23.5 Å². The van der Waals surface area contributed by atoms with Gasteiger partial charge in [0.05, 0.1) is 24.4 Å². The number of hydrogen-bond acceptors (Lipinski definition) is 11. The van der Waals surface area contributed by atoms with Gasteiger partial charge in [0.25, 0.3) is 5.91 Å². The van der Waals surface area contributed by atoms with E-state index in [2.05, 4.69) is 35.4 Å². The predicted octanol–water partition coefficient (Wildman–Crippen LogP) is 1.76. The van der Waals surface area contributed by atoms with Gasteiger partial charge in [0.1, 0.15) is 18.8 Å². The van der Waals surface area contributed by atoms with Crippen LogP contribution >= 0.6 is 0 Å². The van der Waals surface area contributed by atoms with Crippen LogP contribution < -0.4 is 10.2 Å². The highest BCUT2D eigenvalue weighted by Gasteiger charge is 2.39. The number of amides is 2. The zero-order valence-electron chi connectivity index (χ0n) is 21.2. The number of aliphatic hydroxyl groups is 1. The highest BCUT2D eigenvalue weighted by atomic mass is 19.4. The quantitative estimate of drug-likeness (QED) is 0.354. The maximum atomic E-state index is 13.3. The molecule has 4 aromatic heterocycles. The van der Waals surface area contributed by atoms with Gasteiger partial charge in [-0.1, -0.05) is 5.16 Å². The Hall–Kier alpha value is -4.93. The number of fused-ring (bicyclic) bond motifs is 1. The summed E-state index contributed by atoms with van der Waals surface area (Å²) in [5.74, 6) is -0.539. The van der Waals surface area contributed by atoms with Crippen LogP contribution in [0.2, 0.25) is 0 Å². The summed E-state index contributed by atoms with van der Waals surface area (Å²) in [4.78, 5) is 48.5. The molecule has 0 saturated carbocycles. The first-order valence-corrected chi connectivity index (χ1v) is 11.6. The fourth-order valence-electron chi connectivity index (χ4n) is 4.14. The van der Waals surface area contributed by atoms with E-state index in [9.17, 15) is 27.9 Å². The highest BCUT2D eigenvalue weighted by Crippen LogP contribution is 2.32. The van der Waals surface area contributed by atoms with E-state index in [1.165, 1.54) is 48.2 Å². The van der Waals surface area contributed by atoms with Gasteiger partial charge in [0.15, 0.2) is 23.2 Å². The monoisotopic (exact) mass is 558 g/mol. The van der Waals surface area contributed by atoms with Crippen molar-refractivity contribution in [3.8, 4) is 11.3 Å². The largest absolute Gasteiger partial charge is 0.433 e. The molecule has 1 unspecified atom stereocenters. The van der Waals surface area contributed by atoms with Crippen LogP contribution in [0.3, 0.4) is 0 Å². The summed E-state index contributed by atoms with van der Waals surface area (Å²) in [7, 11) is 1.53. The molecule has 0 fully saturated rings. The topological polar surface area (TPSA) is 168 Å². The molecule has 40 heavy (non-hydrogen) atoms. The number of alkyl halides is 3. The summed E-state index contributed by atoms with van der Waals surface area (Å²) in [6.45, 7) is 2.37. The number of pyridine rings is 1. The molecular formula is C23H21F3N10O4. The number of hydrogen-bond donors (Lipinski definition) is 2. The van der Waals surface area contributed by atoms with E-state index in [1.807, 2.05) is 0 Å². The van der Waals surface area contributed by atoms with Gasteiger partial charge in [-0.3, -0.25) is 24.5 Å². The maximum Gasteiger partial charge on any atom is 0.433 e. The molecule has 0 aromatic carbocycles. The number of imidazole rings is 1. The summed E-state index contributed by atoms with van der Waals surface area (Å²) in [5.41, 5.74) is -0.573. The molecule has 1 aliphatic heterocycles. The number of anilines is 2. The third-order valence-electron chi connectivity index (χ3n) is 5.97. The van der Waals surface area contributed by atoms with Gasteiger partial charge in [0, 0.05) is 18.8 Å². The predicted molar refractivity (Wildman–Crippen MR) is 129 cm³/mol. The van der Waals surface area contributed by atoms with Gasteiger partial charge in [0.2, 0.25) is 18.1 Å². The number of carbonyl (C=O) groups is 2. The van der Waals surface area contributed by atoms with E-state index in [-0.39, 0.29) is 53.1 Å². The lowest BCUT2D eigenvalue weighted by molar-refractivity contribution is -0.141. The lowest BCUT2D eigenvalue weighted by Crippen LogP contribution is -2.54. The molecule has 14 nitrogen and oxygen atoms in total. The zero-order chi connectivity index (χ0) is 28.8. The van der Waals surface area contributed by atoms with Crippen molar-refractivity contribution in [3.63, 3.8) is 0 Å². The van der Waals surface area contributed by atoms with Crippen molar-refractivity contribution in [2.24, 2.45) is 0 Å². The first-order valence-electron chi connectivity index (χ1n) is 11.6. The fraction of sp³-hybridized carbons (Fsp3) is 0.304. The second kappa shape index (κ2) is 9.99. The number of aromatic nitrogens is 7. The van der Waals surface area contributed by atoms with E-state index in [0.717, 1.165) is 11.1 Å². The van der Waals surface area contributed by atoms with Crippen LogP contribution in [-0.2, 0) is 24.1 Å². The van der Waals surface area contributed by atoms with E-state index >= 15 is 0 Å². The van der Waals surface area contributed by atoms with Crippen molar-refractivity contribution in [3.05, 3.63) is 59.7 Å². The molecule has 5 heterocycles. The number of aryl methyl sites for hydroxylation is 2. The molecule has 0 aliphatic carbocycles. The SMILES string of the molecule is Cc1noc(CN2C(=O)c3c(ncn3CC(=O)Nc3cncc(-c4cnc(C(F)(F)F)c(C)c4)n3)N(C)C2O)n1. The molecule has 0 bridgehead atoms. The highest BCUT2D eigenvalue weighted by molar-refractivity contribution is 6.00. The lowest BCUT2D eigenvalue weighted by atomic mass is 10.1. The third kappa shape index (κ3) is 5.05. The Bertz CT molecular complexity index is 1600. The molecule has 2 N–H and O–H groups in total. The van der Waals surface area contributed by atoms with Gasteiger partial charge < -0.3 is 24.4 Å². The molecular weight excluding hydrogens is 537 g/mol. The molecule has 1 atom stereocenters. The molecule has 1 aliphatic rings. The van der Waals surface area contributed by atoms with Crippen molar-refractivity contribution in [1.82, 2.24) is 39.5 Å². The Labute approximate surface area is 223 Å². The summed E-state index contributed by atoms with van der Waals surface area (Å²) in [6.07, 6.45) is -1.06. The van der Waals surface area contributed by atoms with Gasteiger partial charge in [-0.2, -0.15) is 18.2 Å². The molecule has 0 saturated heterocycles. The number of nitrogens with one attached hydrogen (secondary N) is 1. The first kappa shape index (κ1) is 26.7. The van der Waals surface area contributed by atoms with Crippen LogP contribution in [0.25, 0.3) is 11.3 Å². The molecule has 0 radical (unpaired) electrons. The minimum atomic E-state index is -4.59. The average molecular weight is 558 g/mol. The third-order valence-corrected chi connectivity index (χ3v) is 5.97. The van der Waals surface area contributed by atoms with Crippen molar-refractivity contribution in [2.45, 2.75) is 39.5 Å². The van der Waals surface area contributed by atoms with E-state index in [4.69, 9.17) is 4.52 Å². The number of halogens is 3. The van der Waals surface area contributed by atoms with Crippen LogP contribution in [0.4, 0.5) is 24.8 Å². The molecule has 0 spiro atoms. The second-order valence-corrected chi connectivity index (χ2v) is 8.90. The summed E-state index contributed by atoms with van der Waals surface area (Å²) in [5, 5.41) is 16.9. The average Bonchev–Trinajstić information content (AvgIpc) is 3.50. The number of rotatable bonds is 6. The fourth-order valence-corrected chi connectivity index (χ4v) is 4.14. The summed E-state index contributed by atoms with van der Waals surface area (Å²) < 4.78 is 45.5. The normalized spacial score (nSPS) is 15.4. The molecule has 2 amide bonds. The van der Waals surface area contributed by atoms with Crippen LogP contribution in [0.15, 0.2) is 35.5 Å². The number of nitrogens with zero attached hydrogens (tertiary/aromatic N) is 9. The minimum absolute atomic E-state index is 0.0290. The standard InChI is InChI=1S/C23H21F3N10O4/c1-11-4-13(5-28-19(11)23(24,25)26)14-6-27-7-15(31-14)32-16(37)8-35-10-29-20-18(35)21(38)36(22(39)34(20)3)9-17-30-12(2)33-40-17/h4-7,10,22,39H,8-9H2,1-3H3,(H,31,32,37). The van der Waals surface area contributed by atoms with E-state index in [1.54, 1.807) is 6.92 Å². The summed E-state index contributed by atoms with van der Waals surface area (Å²) >= 11 is 0. The van der Waals surface area contributed by atoms with Gasteiger partial charge in [-0.25, -0.2) is 9.97 Å². The number of aliphatic hydroxyl groups excluding tert-OH is 1. The minimum Gasteiger partial charge on any atom is -0.356 e. The maximum absolute atomic E-state index is 13.3. The Balaban J connectivity index is 1.33. The first-order chi connectivity index (χ1) is 18.9. The molecule has 208 valence electrons. The van der Waals surface area contributed by atoms with Crippen LogP contribution in [0.1, 0.15) is 33.5 Å². The smallest absolute Gasteiger partial charge is 0.356 e. The van der Waals surface area contributed by atoms with E-state index < -0.39 is 30.0 Å².